The van der Waals surface area contributed by atoms with Crippen molar-refractivity contribution >= 4 is 107 Å². The first kappa shape index (κ1) is 78.5. The summed E-state index contributed by atoms with van der Waals surface area (Å²) in [6, 6.07) is 45.0. The number of amides is 6. The highest BCUT2D eigenvalue weighted by Crippen LogP contribution is 2.25. The van der Waals surface area contributed by atoms with Gasteiger partial charge in [0.05, 0.1) is 0 Å². The number of hydrogen-bond donors (Lipinski definition) is 6. The van der Waals surface area contributed by atoms with Crippen molar-refractivity contribution in [3.05, 3.63) is 192 Å². The largest absolute Gasteiger partial charge is 0.537 e. The molecule has 0 radical (unpaired) electrons. The summed E-state index contributed by atoms with van der Waals surface area (Å²) in [5.41, 5.74) is 7.50. The van der Waals surface area contributed by atoms with Crippen molar-refractivity contribution in [1.82, 2.24) is 0 Å². The molecular formula is C72H98N6O15SSi3. The summed E-state index contributed by atoms with van der Waals surface area (Å²) in [7, 11) is -3.89. The molecule has 0 aliphatic heterocycles. The van der Waals surface area contributed by atoms with Gasteiger partial charge >= 0.3 is 50.7 Å². The van der Waals surface area contributed by atoms with Gasteiger partial charge in [-0.1, -0.05) is 97.1 Å². The minimum Gasteiger partial charge on any atom is -0.445 e. The van der Waals surface area contributed by atoms with Crippen molar-refractivity contribution in [2.45, 2.75) is 92.5 Å². The summed E-state index contributed by atoms with van der Waals surface area (Å²) in [4.78, 5) is 52.1. The van der Waals surface area contributed by atoms with Gasteiger partial charge < -0.3 is 70.6 Å². The molecule has 1 atom stereocenters. The van der Waals surface area contributed by atoms with Crippen LogP contribution in [0.15, 0.2) is 170 Å². The lowest BCUT2D eigenvalue weighted by atomic mass is 9.96. The molecule has 25 heteroatoms. The number of benzene rings is 6. The second-order valence-electron chi connectivity index (χ2n) is 22.0. The van der Waals surface area contributed by atoms with Crippen LogP contribution in [0.3, 0.4) is 0 Å². The first-order valence-electron chi connectivity index (χ1n) is 33.1. The molecule has 6 aromatic carbocycles. The van der Waals surface area contributed by atoms with Crippen molar-refractivity contribution in [2.24, 2.45) is 5.92 Å². The van der Waals surface area contributed by atoms with Crippen molar-refractivity contribution < 1.29 is 68.5 Å². The Kier molecular flexibility index (Phi) is 34.8. The van der Waals surface area contributed by atoms with Gasteiger partial charge in [0.1, 0.15) is 13.2 Å². The maximum absolute atomic E-state index is 13.1. The maximum Gasteiger partial charge on any atom is 0.537 e. The summed E-state index contributed by atoms with van der Waals surface area (Å²) in [6.07, 6.45) is 12.2. The number of thioether (sulfide) groups is 1. The van der Waals surface area contributed by atoms with E-state index in [9.17, 15) is 19.2 Å². The lowest BCUT2D eigenvalue weighted by Crippen LogP contribution is -2.56. The van der Waals surface area contributed by atoms with Crippen LogP contribution in [0.2, 0.25) is 6.04 Å². The first-order valence-corrected chi connectivity index (χ1v) is 39.7. The Bertz CT molecular complexity index is 3360. The van der Waals surface area contributed by atoms with E-state index in [1.54, 1.807) is 45.6 Å². The topological polar surface area (TPSA) is 242 Å². The Morgan fingerprint density at radius 3 is 1.15 bits per heavy atom. The second-order valence-corrected chi connectivity index (χ2v) is 31.5. The standard InChI is InChI=1S/C72H98N6O15SSi3/c1-10-88-96(89-11-2,90-12-3)67-40-36-61(37-41-67)73-69(79)75-63-32-21-28-57(52-63)50-59-30-23-34-65(54-59)77-71(81)86-45-19-16-17-26-56(44-48-94-47-25-49-95(83-7,84-8)85-9)27-18-20-46-87-72(82)78-66-35-24-31-60(55-66)51-58-29-22-33-64(53-58)76-70(80)74-62-38-42-68(43-39-62)97(91-13-4,92-14-5)93-15-6/h16,18-24,28-43,52-56H,10-15,17,25-27,44-51H2,1-9H3,(H,77,81)(H,78,82)(H2,73,75,79)(H2,74,76,80)/b19-16+,20-18+. The smallest absolute Gasteiger partial charge is 0.445 e. The second kappa shape index (κ2) is 43.0. The normalized spacial score (nSPS) is 12.1. The summed E-state index contributed by atoms with van der Waals surface area (Å²) in [5.74, 6) is 2.27. The molecule has 524 valence electrons. The number of anilines is 6. The molecule has 0 heterocycles. The summed E-state index contributed by atoms with van der Waals surface area (Å²) in [6.45, 7) is 14.4. The van der Waals surface area contributed by atoms with Crippen LogP contribution in [0.5, 0.6) is 0 Å². The fraction of sp³-hybridized carbons (Fsp3) is 0.389. The summed E-state index contributed by atoms with van der Waals surface area (Å²) in [5, 5.41) is 19.0. The third-order valence-corrected chi connectivity index (χ3v) is 25.1. The highest BCUT2D eigenvalue weighted by molar-refractivity contribution is 7.99. The van der Waals surface area contributed by atoms with E-state index in [1.807, 2.05) is 193 Å². The molecule has 6 N–H and O–H groups in total. The third kappa shape index (κ3) is 27.0. The van der Waals surface area contributed by atoms with Gasteiger partial charge in [-0.25, -0.2) is 19.2 Å². The van der Waals surface area contributed by atoms with E-state index in [2.05, 4.69) is 38.0 Å². The van der Waals surface area contributed by atoms with E-state index in [0.717, 1.165) is 82.3 Å². The number of carbonyl (C=O) groups is 4. The van der Waals surface area contributed by atoms with Crippen molar-refractivity contribution in [3.8, 4) is 0 Å². The zero-order valence-electron chi connectivity index (χ0n) is 57.5. The van der Waals surface area contributed by atoms with E-state index in [4.69, 9.17) is 49.3 Å². The van der Waals surface area contributed by atoms with E-state index in [1.165, 1.54) is 0 Å². The van der Waals surface area contributed by atoms with Crippen LogP contribution in [0.25, 0.3) is 0 Å². The molecule has 6 aromatic rings. The van der Waals surface area contributed by atoms with Gasteiger partial charge in [-0.2, -0.15) is 11.8 Å². The van der Waals surface area contributed by atoms with E-state index in [0.29, 0.717) is 92.5 Å². The zero-order chi connectivity index (χ0) is 69.6. The Hall–Kier alpha value is -7.48. The first-order chi connectivity index (χ1) is 47.2. The van der Waals surface area contributed by atoms with Crippen molar-refractivity contribution in [2.75, 3.05) is 118 Å². The fourth-order valence-corrected chi connectivity index (χ4v) is 18.6. The van der Waals surface area contributed by atoms with Crippen LogP contribution >= 0.6 is 11.8 Å². The highest BCUT2D eigenvalue weighted by atomic mass is 32.2. The van der Waals surface area contributed by atoms with Gasteiger partial charge in [-0.3, -0.25) is 10.6 Å². The van der Waals surface area contributed by atoms with Gasteiger partial charge in [0.25, 0.3) is 0 Å². The average Bonchev–Trinajstić information content (AvgIpc) is 0.833. The zero-order valence-corrected chi connectivity index (χ0v) is 61.3. The summed E-state index contributed by atoms with van der Waals surface area (Å²) >= 11 is 1.89. The number of ether oxygens (including phenoxy) is 2. The number of carbonyl (C=O) groups excluding carboxylic acids is 4. The van der Waals surface area contributed by atoms with E-state index in [-0.39, 0.29) is 13.2 Å². The highest BCUT2D eigenvalue weighted by Gasteiger charge is 2.44. The predicted octanol–water partition coefficient (Wildman–Crippen LogP) is 14.8. The van der Waals surface area contributed by atoms with Crippen molar-refractivity contribution in [1.29, 1.82) is 0 Å². The number of urea groups is 2. The Morgan fingerprint density at radius 1 is 0.423 bits per heavy atom. The molecule has 0 aliphatic carbocycles. The van der Waals surface area contributed by atoms with Crippen LogP contribution < -0.4 is 42.3 Å². The molecule has 0 spiro atoms. The number of allylic oxidation sites excluding steroid dienone is 2. The fourth-order valence-electron chi connectivity index (χ4n) is 10.6. The Labute approximate surface area is 580 Å². The van der Waals surface area contributed by atoms with Crippen LogP contribution in [0.4, 0.5) is 53.3 Å². The molecule has 6 rings (SSSR count). The average molecular weight is 1400 g/mol. The van der Waals surface area contributed by atoms with Crippen LogP contribution in [0.1, 0.15) is 95.9 Å². The Morgan fingerprint density at radius 2 is 0.784 bits per heavy atom. The Balaban J connectivity index is 0.928. The van der Waals surface area contributed by atoms with Gasteiger partial charge in [-0.15, -0.1) is 0 Å². The molecule has 21 nitrogen and oxygen atoms in total. The van der Waals surface area contributed by atoms with Gasteiger partial charge in [-0.05, 0) is 199 Å². The maximum atomic E-state index is 13.1. The molecule has 0 saturated carbocycles. The number of rotatable bonds is 43. The molecule has 0 bridgehead atoms. The molecule has 97 heavy (non-hydrogen) atoms. The number of nitrogens with one attached hydrogen (secondary N) is 6. The SMILES string of the molecule is CCO[Si](OCC)(OCC)c1ccc(NC(=O)Nc2cccc(Cc3cccc(NC(=O)OC/C=C/CCC(C/C=C/COC(=O)Nc4cccc(Cc5cccc(NC(=O)Nc6ccc([Si](OCC)(OCC)OCC)cc6)c5)c4)CCSCCC[Si](OC)(OC)OC)c3)c2)cc1. The third-order valence-electron chi connectivity index (χ3n) is 15.1. The van der Waals surface area contributed by atoms with Crippen molar-refractivity contribution in [3.63, 3.8) is 0 Å². The van der Waals surface area contributed by atoms with Crippen LogP contribution in [-0.2, 0) is 62.1 Å². The van der Waals surface area contributed by atoms with E-state index < -0.39 is 50.7 Å². The summed E-state index contributed by atoms with van der Waals surface area (Å²) < 4.78 is 64.1. The van der Waals surface area contributed by atoms with Crippen LogP contribution in [0, 0.1) is 5.92 Å². The lowest BCUT2D eigenvalue weighted by molar-refractivity contribution is 0.0851. The van der Waals surface area contributed by atoms with Gasteiger partial charge in [0, 0.05) is 112 Å². The molecule has 0 fully saturated rings. The van der Waals surface area contributed by atoms with Gasteiger partial charge in [0.15, 0.2) is 0 Å². The monoisotopic (exact) mass is 1400 g/mol. The molecule has 0 aliphatic rings. The quantitative estimate of drug-likeness (QED) is 0.0118. The van der Waals surface area contributed by atoms with E-state index >= 15 is 0 Å². The molecular weight excluding hydrogens is 1310 g/mol. The molecule has 6 amide bonds. The minimum absolute atomic E-state index is 0.104. The minimum atomic E-state index is -3.08. The lowest BCUT2D eigenvalue weighted by Gasteiger charge is -2.28. The molecule has 0 saturated heterocycles. The van der Waals surface area contributed by atoms with Gasteiger partial charge in [0.2, 0.25) is 0 Å². The number of hydrogen-bond acceptors (Lipinski definition) is 16. The molecule has 1 unspecified atom stereocenters. The predicted molar refractivity (Wildman–Crippen MR) is 394 cm³/mol. The molecule has 0 aromatic heterocycles. The van der Waals surface area contributed by atoms with Crippen LogP contribution in [-0.4, -0.2) is 136 Å².